The molecule has 1 rings (SSSR count). The predicted octanol–water partition coefficient (Wildman–Crippen LogP) is 2.11. The van der Waals surface area contributed by atoms with Crippen LogP contribution in [0.3, 0.4) is 0 Å². The number of rotatable bonds is 6. The van der Waals surface area contributed by atoms with E-state index in [1.165, 1.54) is 5.56 Å². The van der Waals surface area contributed by atoms with Crippen molar-refractivity contribution in [2.24, 2.45) is 0 Å². The summed E-state index contributed by atoms with van der Waals surface area (Å²) in [6, 6.07) is 6.21. The summed E-state index contributed by atoms with van der Waals surface area (Å²) in [6.07, 6.45) is 0. The Kier molecular flexibility index (Phi) is 5.45. The lowest BCUT2D eigenvalue weighted by atomic mass is 9.93. The predicted molar refractivity (Wildman–Crippen MR) is 70.8 cm³/mol. The minimum absolute atomic E-state index is 0.0775. The van der Waals surface area contributed by atoms with Crippen molar-refractivity contribution in [3.05, 3.63) is 29.3 Å². The molecule has 0 fully saturated rings. The van der Waals surface area contributed by atoms with E-state index in [4.69, 9.17) is 4.74 Å². The number of hydrogen-bond acceptors (Lipinski definition) is 3. The van der Waals surface area contributed by atoms with Gasteiger partial charge in [-0.1, -0.05) is 26.0 Å². The number of hydrogen-bond donors (Lipinski definition) is 2. The Morgan fingerprint density at radius 3 is 2.53 bits per heavy atom. The van der Waals surface area contributed by atoms with Crippen molar-refractivity contribution in [1.29, 1.82) is 0 Å². The molecule has 0 aromatic heterocycles. The van der Waals surface area contributed by atoms with Crippen LogP contribution in [0.4, 0.5) is 0 Å². The first-order valence-corrected chi connectivity index (χ1v) is 6.07. The summed E-state index contributed by atoms with van der Waals surface area (Å²) in [7, 11) is 3.56. The molecular formula is C14H23NO2. The Hall–Kier alpha value is -1.06. The first kappa shape index (κ1) is 14.0. The van der Waals surface area contributed by atoms with Gasteiger partial charge in [-0.2, -0.15) is 0 Å². The minimum atomic E-state index is 0.0775. The van der Waals surface area contributed by atoms with Crippen LogP contribution in [0.5, 0.6) is 5.75 Å². The summed E-state index contributed by atoms with van der Waals surface area (Å²) in [6.45, 7) is 5.20. The third-order valence-corrected chi connectivity index (χ3v) is 3.03. The fourth-order valence-electron chi connectivity index (χ4n) is 1.95. The molecule has 0 aliphatic heterocycles. The Morgan fingerprint density at radius 1 is 1.35 bits per heavy atom. The van der Waals surface area contributed by atoms with Crippen molar-refractivity contribution in [3.63, 3.8) is 0 Å². The van der Waals surface area contributed by atoms with Crippen molar-refractivity contribution >= 4 is 0 Å². The maximum Gasteiger partial charge on any atom is 0.122 e. The zero-order chi connectivity index (χ0) is 12.8. The second kappa shape index (κ2) is 6.62. The maximum atomic E-state index is 9.46. The molecule has 2 N–H and O–H groups in total. The van der Waals surface area contributed by atoms with Crippen LogP contribution in [0.1, 0.15) is 36.8 Å². The van der Waals surface area contributed by atoms with Gasteiger partial charge in [-0.25, -0.2) is 0 Å². The molecule has 0 saturated carbocycles. The van der Waals surface area contributed by atoms with E-state index in [9.17, 15) is 5.11 Å². The fourth-order valence-corrected chi connectivity index (χ4v) is 1.95. The third kappa shape index (κ3) is 3.45. The Labute approximate surface area is 104 Å². The van der Waals surface area contributed by atoms with Gasteiger partial charge in [-0.05, 0) is 24.6 Å². The Balaban J connectivity index is 3.11. The SMILES string of the molecule is CNCC(CO)c1cc(C(C)C)ccc1OC. The van der Waals surface area contributed by atoms with Crippen LogP contribution in [0.15, 0.2) is 18.2 Å². The molecule has 3 heteroatoms. The van der Waals surface area contributed by atoms with E-state index >= 15 is 0 Å². The molecule has 1 unspecified atom stereocenters. The highest BCUT2D eigenvalue weighted by atomic mass is 16.5. The molecule has 1 atom stereocenters. The lowest BCUT2D eigenvalue weighted by molar-refractivity contribution is 0.260. The van der Waals surface area contributed by atoms with E-state index in [1.807, 2.05) is 13.1 Å². The van der Waals surface area contributed by atoms with Gasteiger partial charge in [-0.3, -0.25) is 0 Å². The number of methoxy groups -OCH3 is 1. The van der Waals surface area contributed by atoms with Gasteiger partial charge in [0.05, 0.1) is 13.7 Å². The molecule has 96 valence electrons. The number of aliphatic hydroxyl groups is 1. The second-order valence-electron chi connectivity index (χ2n) is 4.59. The van der Waals surface area contributed by atoms with Crippen molar-refractivity contribution < 1.29 is 9.84 Å². The highest BCUT2D eigenvalue weighted by Gasteiger charge is 2.16. The summed E-state index contributed by atoms with van der Waals surface area (Å²) in [5.41, 5.74) is 2.35. The van der Waals surface area contributed by atoms with Crippen LogP contribution in [-0.4, -0.2) is 32.4 Å². The highest BCUT2D eigenvalue weighted by molar-refractivity contribution is 5.41. The van der Waals surface area contributed by atoms with Crippen LogP contribution in [0.25, 0.3) is 0 Å². The summed E-state index contributed by atoms with van der Waals surface area (Å²) < 4.78 is 5.37. The molecule has 0 aliphatic carbocycles. The molecule has 17 heavy (non-hydrogen) atoms. The van der Waals surface area contributed by atoms with E-state index in [0.29, 0.717) is 5.92 Å². The molecule has 1 aromatic rings. The summed E-state index contributed by atoms with van der Waals surface area (Å²) in [5.74, 6) is 1.41. The standard InChI is InChI=1S/C14H23NO2/c1-10(2)11-5-6-14(17-4)13(7-11)12(9-16)8-15-3/h5-7,10,12,15-16H,8-9H2,1-4H3. The molecule has 0 amide bonds. The van der Waals surface area contributed by atoms with Crippen LogP contribution in [-0.2, 0) is 0 Å². The van der Waals surface area contributed by atoms with E-state index < -0.39 is 0 Å². The first-order valence-electron chi connectivity index (χ1n) is 6.07. The number of likely N-dealkylation sites (N-methyl/N-ethyl adjacent to an activating group) is 1. The zero-order valence-electron chi connectivity index (χ0n) is 11.2. The molecule has 0 spiro atoms. The molecular weight excluding hydrogens is 214 g/mol. The molecule has 3 nitrogen and oxygen atoms in total. The molecule has 0 bridgehead atoms. The number of benzene rings is 1. The smallest absolute Gasteiger partial charge is 0.122 e. The topological polar surface area (TPSA) is 41.5 Å². The molecule has 0 radical (unpaired) electrons. The van der Waals surface area contributed by atoms with Crippen molar-refractivity contribution in [2.45, 2.75) is 25.7 Å². The van der Waals surface area contributed by atoms with Gasteiger partial charge in [0.25, 0.3) is 0 Å². The van der Waals surface area contributed by atoms with Crippen molar-refractivity contribution in [1.82, 2.24) is 5.32 Å². The van der Waals surface area contributed by atoms with Gasteiger partial charge in [0, 0.05) is 18.0 Å². The minimum Gasteiger partial charge on any atom is -0.496 e. The summed E-state index contributed by atoms with van der Waals surface area (Å²) in [4.78, 5) is 0. The van der Waals surface area contributed by atoms with Gasteiger partial charge in [0.2, 0.25) is 0 Å². The molecule has 1 aromatic carbocycles. The first-order chi connectivity index (χ1) is 8.13. The largest absolute Gasteiger partial charge is 0.496 e. The number of ether oxygens (including phenoxy) is 1. The van der Waals surface area contributed by atoms with Crippen molar-refractivity contribution in [2.75, 3.05) is 27.3 Å². The van der Waals surface area contributed by atoms with E-state index in [-0.39, 0.29) is 12.5 Å². The van der Waals surface area contributed by atoms with Crippen molar-refractivity contribution in [3.8, 4) is 5.75 Å². The van der Waals surface area contributed by atoms with Gasteiger partial charge < -0.3 is 15.2 Å². The average molecular weight is 237 g/mol. The van der Waals surface area contributed by atoms with E-state index in [1.54, 1.807) is 7.11 Å². The van der Waals surface area contributed by atoms with Crippen LogP contribution < -0.4 is 10.1 Å². The van der Waals surface area contributed by atoms with E-state index in [2.05, 4.69) is 31.3 Å². The van der Waals surface area contributed by atoms with E-state index in [0.717, 1.165) is 17.9 Å². The molecule has 0 saturated heterocycles. The fraction of sp³-hybridized carbons (Fsp3) is 0.571. The van der Waals surface area contributed by atoms with Gasteiger partial charge >= 0.3 is 0 Å². The Morgan fingerprint density at radius 2 is 2.06 bits per heavy atom. The molecule has 0 heterocycles. The zero-order valence-corrected chi connectivity index (χ0v) is 11.2. The van der Waals surface area contributed by atoms with Crippen LogP contribution in [0, 0.1) is 0 Å². The third-order valence-electron chi connectivity index (χ3n) is 3.03. The van der Waals surface area contributed by atoms with Gasteiger partial charge in [-0.15, -0.1) is 0 Å². The van der Waals surface area contributed by atoms with Gasteiger partial charge in [0.15, 0.2) is 0 Å². The molecule has 0 aliphatic rings. The number of aliphatic hydroxyl groups excluding tert-OH is 1. The summed E-state index contributed by atoms with van der Waals surface area (Å²) >= 11 is 0. The van der Waals surface area contributed by atoms with Crippen LogP contribution in [0.2, 0.25) is 0 Å². The maximum absolute atomic E-state index is 9.46. The number of nitrogens with one attached hydrogen (secondary N) is 1. The second-order valence-corrected chi connectivity index (χ2v) is 4.59. The quantitative estimate of drug-likeness (QED) is 0.796. The van der Waals surface area contributed by atoms with Gasteiger partial charge in [0.1, 0.15) is 5.75 Å². The Bertz CT molecular complexity index is 350. The lowest BCUT2D eigenvalue weighted by Crippen LogP contribution is -2.20. The monoisotopic (exact) mass is 237 g/mol. The lowest BCUT2D eigenvalue weighted by Gasteiger charge is -2.19. The summed E-state index contributed by atoms with van der Waals surface area (Å²) in [5, 5.41) is 12.6. The highest BCUT2D eigenvalue weighted by Crippen LogP contribution is 2.29. The van der Waals surface area contributed by atoms with Crippen LogP contribution >= 0.6 is 0 Å². The average Bonchev–Trinajstić information content (AvgIpc) is 2.35. The normalized spacial score (nSPS) is 12.8.